The minimum Gasteiger partial charge on any atom is -0.344 e. The lowest BCUT2D eigenvalue weighted by molar-refractivity contribution is -0.120. The summed E-state index contributed by atoms with van der Waals surface area (Å²) in [6, 6.07) is 1.34. The Hall–Kier alpha value is -1.57. The van der Waals surface area contributed by atoms with Gasteiger partial charge < -0.3 is 10.3 Å². The summed E-state index contributed by atoms with van der Waals surface area (Å²) < 4.78 is 37.6. The van der Waals surface area contributed by atoms with E-state index in [2.05, 4.69) is 15.4 Å². The van der Waals surface area contributed by atoms with Crippen LogP contribution in [-0.4, -0.2) is 28.7 Å². The van der Waals surface area contributed by atoms with Gasteiger partial charge in [-0.1, -0.05) is 0 Å². The lowest BCUT2D eigenvalue weighted by atomic mass is 10.4. The van der Waals surface area contributed by atoms with E-state index in [0.717, 1.165) is 12.8 Å². The van der Waals surface area contributed by atoms with Crippen molar-refractivity contribution in [1.82, 2.24) is 9.97 Å². The molecule has 1 aromatic heterocycles. The second kappa shape index (κ2) is 4.60. The number of nitrogens with zero attached hydrogens (tertiary/aromatic N) is 3. The lowest BCUT2D eigenvalue weighted by Crippen LogP contribution is -2.36. The molecule has 0 unspecified atom stereocenters. The molecule has 1 fully saturated rings. The van der Waals surface area contributed by atoms with Gasteiger partial charge in [0.25, 0.3) is 0 Å². The molecule has 0 amide bonds. The van der Waals surface area contributed by atoms with Gasteiger partial charge in [0, 0.05) is 12.1 Å². The van der Waals surface area contributed by atoms with Gasteiger partial charge in [-0.05, 0) is 19.8 Å². The third-order valence-corrected chi connectivity index (χ3v) is 2.60. The molecule has 5 nitrogen and oxygen atoms in total. The lowest BCUT2D eigenvalue weighted by Gasteiger charge is -2.25. The van der Waals surface area contributed by atoms with Gasteiger partial charge in [0.15, 0.2) is 0 Å². The average molecular weight is 261 g/mol. The molecule has 8 heteroatoms. The molecular weight excluding hydrogens is 247 g/mol. The van der Waals surface area contributed by atoms with Crippen LogP contribution in [0.2, 0.25) is 0 Å². The Morgan fingerprint density at radius 3 is 2.61 bits per heavy atom. The molecule has 0 aromatic carbocycles. The van der Waals surface area contributed by atoms with Crippen molar-refractivity contribution in [3.05, 3.63) is 11.9 Å². The van der Waals surface area contributed by atoms with Crippen molar-refractivity contribution in [2.75, 3.05) is 16.9 Å². The zero-order valence-corrected chi connectivity index (χ0v) is 9.83. The fourth-order valence-corrected chi connectivity index (χ4v) is 1.75. The van der Waals surface area contributed by atoms with Crippen LogP contribution >= 0.6 is 0 Å². The van der Waals surface area contributed by atoms with Crippen molar-refractivity contribution < 1.29 is 13.2 Å². The largest absolute Gasteiger partial charge is 0.405 e. The van der Waals surface area contributed by atoms with E-state index in [1.807, 2.05) is 0 Å². The molecule has 0 spiro atoms. The fourth-order valence-electron chi connectivity index (χ4n) is 1.75. The van der Waals surface area contributed by atoms with Gasteiger partial charge in [-0.2, -0.15) is 13.2 Å². The van der Waals surface area contributed by atoms with Gasteiger partial charge in [0.05, 0.1) is 0 Å². The number of aromatic nitrogens is 2. The molecule has 1 aliphatic carbocycles. The van der Waals surface area contributed by atoms with Crippen molar-refractivity contribution >= 4 is 11.6 Å². The first kappa shape index (κ1) is 12.9. The van der Waals surface area contributed by atoms with Crippen molar-refractivity contribution in [2.45, 2.75) is 32.0 Å². The highest BCUT2D eigenvalue weighted by molar-refractivity contribution is 5.50. The van der Waals surface area contributed by atoms with Gasteiger partial charge in [0.1, 0.15) is 24.0 Å². The van der Waals surface area contributed by atoms with E-state index < -0.39 is 12.7 Å². The van der Waals surface area contributed by atoms with Crippen molar-refractivity contribution in [3.63, 3.8) is 0 Å². The maximum absolute atomic E-state index is 12.5. The monoisotopic (exact) mass is 261 g/mol. The second-order valence-electron chi connectivity index (χ2n) is 4.28. The Morgan fingerprint density at radius 2 is 2.11 bits per heavy atom. The predicted octanol–water partition coefficient (Wildman–Crippen LogP) is 1.60. The van der Waals surface area contributed by atoms with Gasteiger partial charge >= 0.3 is 6.18 Å². The highest BCUT2D eigenvalue weighted by atomic mass is 19.4. The molecule has 1 saturated carbocycles. The van der Waals surface area contributed by atoms with Crippen LogP contribution in [-0.2, 0) is 0 Å². The van der Waals surface area contributed by atoms with E-state index in [-0.39, 0.29) is 11.9 Å². The quantitative estimate of drug-likeness (QED) is 0.636. The van der Waals surface area contributed by atoms with Crippen LogP contribution < -0.4 is 16.2 Å². The average Bonchev–Trinajstić information content (AvgIpc) is 3.07. The van der Waals surface area contributed by atoms with E-state index in [0.29, 0.717) is 11.6 Å². The number of anilines is 2. The highest BCUT2D eigenvalue weighted by Gasteiger charge is 2.39. The molecule has 2 rings (SSSR count). The van der Waals surface area contributed by atoms with Crippen LogP contribution in [0.5, 0.6) is 0 Å². The van der Waals surface area contributed by atoms with E-state index in [1.165, 1.54) is 11.0 Å². The maximum Gasteiger partial charge on any atom is 0.405 e. The molecule has 100 valence electrons. The standard InChI is InChI=1S/C10H14F3N5/c1-6-15-8(17-14)4-9(16-6)18(7-2-3-7)5-10(11,12)13/h4,7H,2-3,5,14H2,1H3,(H,15,16,17). The Kier molecular flexibility index (Phi) is 3.29. The second-order valence-corrected chi connectivity index (χ2v) is 4.28. The molecule has 0 bridgehead atoms. The number of nitrogens with one attached hydrogen (secondary N) is 1. The summed E-state index contributed by atoms with van der Waals surface area (Å²) in [5.41, 5.74) is 2.33. The minimum absolute atomic E-state index is 0.0912. The number of rotatable bonds is 4. The zero-order chi connectivity index (χ0) is 13.3. The summed E-state index contributed by atoms with van der Waals surface area (Å²) in [7, 11) is 0. The molecule has 0 atom stereocenters. The first-order valence-electron chi connectivity index (χ1n) is 5.55. The number of hydrogen-bond donors (Lipinski definition) is 2. The van der Waals surface area contributed by atoms with Crippen molar-refractivity contribution in [3.8, 4) is 0 Å². The number of hydrogen-bond acceptors (Lipinski definition) is 5. The Morgan fingerprint density at radius 1 is 1.44 bits per heavy atom. The van der Waals surface area contributed by atoms with E-state index in [4.69, 9.17) is 5.84 Å². The topological polar surface area (TPSA) is 67.1 Å². The highest BCUT2D eigenvalue weighted by Crippen LogP contribution is 2.34. The van der Waals surface area contributed by atoms with E-state index >= 15 is 0 Å². The number of nitrogen functional groups attached to an aromatic ring is 1. The minimum atomic E-state index is -4.25. The van der Waals surface area contributed by atoms with Crippen LogP contribution in [0.1, 0.15) is 18.7 Å². The summed E-state index contributed by atoms with van der Waals surface area (Å²) in [5, 5.41) is 0. The van der Waals surface area contributed by atoms with Crippen LogP contribution in [0, 0.1) is 6.92 Å². The number of hydrazine groups is 1. The number of nitrogens with two attached hydrogens (primary N) is 1. The maximum atomic E-state index is 12.5. The third-order valence-electron chi connectivity index (χ3n) is 2.60. The smallest absolute Gasteiger partial charge is 0.344 e. The van der Waals surface area contributed by atoms with E-state index in [9.17, 15) is 13.2 Å². The van der Waals surface area contributed by atoms with Crippen molar-refractivity contribution in [2.24, 2.45) is 5.84 Å². The molecule has 18 heavy (non-hydrogen) atoms. The van der Waals surface area contributed by atoms with Crippen LogP contribution in [0.4, 0.5) is 24.8 Å². The predicted molar refractivity (Wildman–Crippen MR) is 61.0 cm³/mol. The summed E-state index contributed by atoms with van der Waals surface area (Å²) in [6.07, 6.45) is -2.74. The Labute approximate surface area is 102 Å². The number of aryl methyl sites for hydroxylation is 1. The van der Waals surface area contributed by atoms with Crippen LogP contribution in [0.25, 0.3) is 0 Å². The zero-order valence-electron chi connectivity index (χ0n) is 9.83. The third kappa shape index (κ3) is 3.22. The molecule has 1 aliphatic rings. The van der Waals surface area contributed by atoms with Gasteiger partial charge in [-0.25, -0.2) is 15.8 Å². The summed E-state index contributed by atoms with van der Waals surface area (Å²) in [6.45, 7) is 0.612. The fraction of sp³-hybridized carbons (Fsp3) is 0.600. The van der Waals surface area contributed by atoms with Crippen LogP contribution in [0.15, 0.2) is 6.07 Å². The normalized spacial score (nSPS) is 15.6. The van der Waals surface area contributed by atoms with Gasteiger partial charge in [-0.3, -0.25) is 0 Å². The Balaban J connectivity index is 2.27. The summed E-state index contributed by atoms with van der Waals surface area (Å²) in [5.74, 6) is 6.18. The van der Waals surface area contributed by atoms with Crippen molar-refractivity contribution in [1.29, 1.82) is 0 Å². The molecule has 1 aromatic rings. The number of halogens is 3. The van der Waals surface area contributed by atoms with Crippen LogP contribution in [0.3, 0.4) is 0 Å². The molecule has 0 saturated heterocycles. The molecular formula is C10H14F3N5. The summed E-state index contributed by atoms with van der Waals surface area (Å²) in [4.78, 5) is 9.26. The van der Waals surface area contributed by atoms with E-state index in [1.54, 1.807) is 6.92 Å². The SMILES string of the molecule is Cc1nc(NN)cc(N(CC(F)(F)F)C2CC2)n1. The first-order chi connectivity index (χ1) is 8.39. The molecule has 3 N–H and O–H groups in total. The van der Waals surface area contributed by atoms with Gasteiger partial charge in [0.2, 0.25) is 0 Å². The number of alkyl halides is 3. The first-order valence-corrected chi connectivity index (χ1v) is 5.55. The molecule has 0 aliphatic heterocycles. The Bertz CT molecular complexity index is 430. The van der Waals surface area contributed by atoms with Gasteiger partial charge in [-0.15, -0.1) is 0 Å². The molecule has 1 heterocycles. The summed E-state index contributed by atoms with van der Waals surface area (Å²) >= 11 is 0. The molecule has 0 radical (unpaired) electrons.